The second-order valence-corrected chi connectivity index (χ2v) is 14.2. The number of carbonyl (C=O) groups is 1. The molecule has 0 heterocycles. The molecule has 4 aliphatic carbocycles. The van der Waals surface area contributed by atoms with Crippen LogP contribution in [0, 0.1) is 46.3 Å². The summed E-state index contributed by atoms with van der Waals surface area (Å²) in [7, 11) is -4.10. The van der Waals surface area contributed by atoms with E-state index in [1.807, 2.05) is 0 Å². The summed E-state index contributed by atoms with van der Waals surface area (Å²) in [5.74, 6) is 0.705. The zero-order chi connectivity index (χ0) is 25.8. The van der Waals surface area contributed by atoms with Crippen molar-refractivity contribution in [2.24, 2.45) is 46.3 Å². The van der Waals surface area contributed by atoms with Gasteiger partial charge in [0.2, 0.25) is 5.91 Å². The number of aliphatic hydroxyl groups is 3. The summed E-state index contributed by atoms with van der Waals surface area (Å²) >= 11 is 0. The van der Waals surface area contributed by atoms with Crippen molar-refractivity contribution >= 4 is 16.0 Å². The number of nitrogens with one attached hydrogen (secondary N) is 1. The Hall–Kier alpha value is -0.740. The minimum Gasteiger partial charge on any atom is -0.393 e. The lowest BCUT2D eigenvalue weighted by Crippen LogP contribution is -2.62. The fourth-order valence-corrected chi connectivity index (χ4v) is 9.46. The Morgan fingerprint density at radius 2 is 1.77 bits per heavy atom. The van der Waals surface area contributed by atoms with Gasteiger partial charge in [-0.2, -0.15) is 8.42 Å². The van der Waals surface area contributed by atoms with Gasteiger partial charge in [-0.1, -0.05) is 20.8 Å². The maximum absolute atomic E-state index is 12.2. The molecule has 4 fully saturated rings. The van der Waals surface area contributed by atoms with Gasteiger partial charge in [-0.25, -0.2) is 0 Å². The second-order valence-electron chi connectivity index (χ2n) is 12.7. The molecule has 9 heteroatoms. The SMILES string of the molecule is C[C@H](CCC(=O)NCCS(=O)(=O)O)[C@@H]1CC[C@@H]2[C@H]3[C@H](O)C[C@@H]4C[C@H](O)CC[C@]4(C)[C@@H]3C[C@H](O)[C@@]21C. The maximum Gasteiger partial charge on any atom is 0.266 e. The summed E-state index contributed by atoms with van der Waals surface area (Å²) in [5.41, 5.74) is -0.254. The molecule has 4 saturated carbocycles. The van der Waals surface area contributed by atoms with Crippen LogP contribution in [0.5, 0.6) is 0 Å². The first kappa shape index (κ1) is 27.3. The van der Waals surface area contributed by atoms with Gasteiger partial charge in [-0.15, -0.1) is 0 Å². The molecule has 11 atom stereocenters. The zero-order valence-electron chi connectivity index (χ0n) is 21.4. The summed E-state index contributed by atoms with van der Waals surface area (Å²) in [6.07, 6.45) is 5.67. The van der Waals surface area contributed by atoms with Crippen LogP contribution >= 0.6 is 0 Å². The molecular formula is C26H45NO7S. The van der Waals surface area contributed by atoms with Crippen LogP contribution in [0.2, 0.25) is 0 Å². The predicted octanol–water partition coefficient (Wildman–Crippen LogP) is 2.37. The molecule has 0 aromatic heterocycles. The van der Waals surface area contributed by atoms with E-state index in [-0.39, 0.29) is 65.4 Å². The van der Waals surface area contributed by atoms with E-state index < -0.39 is 28.1 Å². The molecule has 0 spiro atoms. The first-order valence-corrected chi connectivity index (χ1v) is 15.1. The number of rotatable bonds is 7. The van der Waals surface area contributed by atoms with Crippen molar-refractivity contribution in [3.05, 3.63) is 0 Å². The molecule has 4 aliphatic rings. The largest absolute Gasteiger partial charge is 0.393 e. The van der Waals surface area contributed by atoms with Crippen molar-refractivity contribution in [2.75, 3.05) is 12.3 Å². The van der Waals surface area contributed by atoms with Crippen LogP contribution < -0.4 is 5.32 Å². The number of hydrogen-bond acceptors (Lipinski definition) is 6. The molecule has 4 rings (SSSR count). The smallest absolute Gasteiger partial charge is 0.266 e. The number of carbonyl (C=O) groups excluding carboxylic acids is 1. The topological polar surface area (TPSA) is 144 Å². The van der Waals surface area contributed by atoms with Gasteiger partial charge in [-0.3, -0.25) is 9.35 Å². The molecule has 0 aromatic rings. The highest BCUT2D eigenvalue weighted by atomic mass is 32.2. The molecule has 0 unspecified atom stereocenters. The third kappa shape index (κ3) is 5.05. The molecule has 1 amide bonds. The normalized spacial score (nSPS) is 46.3. The number of amides is 1. The average molecular weight is 516 g/mol. The predicted molar refractivity (Wildman–Crippen MR) is 132 cm³/mol. The Morgan fingerprint density at radius 1 is 1.06 bits per heavy atom. The minimum atomic E-state index is -4.10. The zero-order valence-corrected chi connectivity index (χ0v) is 22.2. The highest BCUT2D eigenvalue weighted by Gasteiger charge is 2.65. The Labute approximate surface area is 210 Å². The number of fused-ring (bicyclic) bond motifs is 5. The standard InChI is InChI=1S/C26H45NO7S/c1-15(4-7-23(31)27-10-11-35(32,33)34)18-5-6-19-24-20(14-22(30)26(18,19)3)25(2)9-8-17(28)12-16(25)13-21(24)29/h15-22,24,28-30H,4-14H2,1-3H3,(H,27,31)(H,32,33,34)/t15-,16+,17-,18+,19-,20-,21-,22+,24-,25+,26-/m1/s1. The van der Waals surface area contributed by atoms with Crippen LogP contribution in [0.4, 0.5) is 0 Å². The van der Waals surface area contributed by atoms with Crippen LogP contribution in [0.1, 0.15) is 78.6 Å². The van der Waals surface area contributed by atoms with Gasteiger partial charge in [0.15, 0.2) is 0 Å². The van der Waals surface area contributed by atoms with Gasteiger partial charge >= 0.3 is 0 Å². The first-order valence-electron chi connectivity index (χ1n) is 13.5. The third-order valence-electron chi connectivity index (χ3n) is 11.0. The second kappa shape index (κ2) is 9.86. The minimum absolute atomic E-state index is 0.0509. The van der Waals surface area contributed by atoms with Crippen LogP contribution in [-0.2, 0) is 14.9 Å². The summed E-state index contributed by atoms with van der Waals surface area (Å²) in [5, 5.41) is 35.8. The molecule has 0 radical (unpaired) electrons. The van der Waals surface area contributed by atoms with E-state index in [0.717, 1.165) is 38.5 Å². The Bertz CT molecular complexity index is 896. The van der Waals surface area contributed by atoms with Gasteiger partial charge in [0, 0.05) is 13.0 Å². The van der Waals surface area contributed by atoms with E-state index in [0.29, 0.717) is 18.8 Å². The molecule has 0 aliphatic heterocycles. The third-order valence-corrected chi connectivity index (χ3v) is 11.7. The van der Waals surface area contributed by atoms with Crippen LogP contribution in [-0.4, -0.2) is 64.8 Å². The highest BCUT2D eigenvalue weighted by molar-refractivity contribution is 7.85. The Kier molecular flexibility index (Phi) is 7.69. The highest BCUT2D eigenvalue weighted by Crippen LogP contribution is 2.68. The van der Waals surface area contributed by atoms with E-state index in [1.54, 1.807) is 0 Å². The lowest BCUT2D eigenvalue weighted by atomic mass is 9.43. The Morgan fingerprint density at radius 3 is 2.46 bits per heavy atom. The van der Waals surface area contributed by atoms with Gasteiger partial charge in [0.05, 0.1) is 24.1 Å². The molecule has 8 nitrogen and oxygen atoms in total. The summed E-state index contributed by atoms with van der Waals surface area (Å²) in [6, 6.07) is 0. The summed E-state index contributed by atoms with van der Waals surface area (Å²) in [6.45, 7) is 6.56. The molecule has 0 aromatic carbocycles. The maximum atomic E-state index is 12.2. The monoisotopic (exact) mass is 515 g/mol. The fraction of sp³-hybridized carbons (Fsp3) is 0.962. The van der Waals surface area contributed by atoms with Crippen molar-refractivity contribution in [2.45, 2.75) is 96.9 Å². The number of hydrogen-bond donors (Lipinski definition) is 5. The van der Waals surface area contributed by atoms with Gasteiger partial charge in [0.1, 0.15) is 0 Å². The van der Waals surface area contributed by atoms with Crippen molar-refractivity contribution in [3.63, 3.8) is 0 Å². The molecule has 202 valence electrons. The summed E-state index contributed by atoms with van der Waals surface area (Å²) < 4.78 is 30.5. The van der Waals surface area contributed by atoms with Crippen molar-refractivity contribution in [1.82, 2.24) is 5.32 Å². The van der Waals surface area contributed by atoms with E-state index >= 15 is 0 Å². The summed E-state index contributed by atoms with van der Waals surface area (Å²) in [4.78, 5) is 12.2. The lowest BCUT2D eigenvalue weighted by molar-refractivity contribution is -0.207. The fourth-order valence-electron chi connectivity index (χ4n) is 9.10. The van der Waals surface area contributed by atoms with E-state index in [1.165, 1.54) is 0 Å². The van der Waals surface area contributed by atoms with Gasteiger partial charge < -0.3 is 20.6 Å². The van der Waals surface area contributed by atoms with Crippen molar-refractivity contribution < 1.29 is 33.1 Å². The molecule has 5 N–H and O–H groups in total. The number of aliphatic hydroxyl groups excluding tert-OH is 3. The van der Waals surface area contributed by atoms with Crippen LogP contribution in [0.25, 0.3) is 0 Å². The van der Waals surface area contributed by atoms with Crippen molar-refractivity contribution in [1.29, 1.82) is 0 Å². The van der Waals surface area contributed by atoms with Gasteiger partial charge in [0.25, 0.3) is 10.1 Å². The van der Waals surface area contributed by atoms with Gasteiger partial charge in [-0.05, 0) is 97.7 Å². The van der Waals surface area contributed by atoms with Crippen LogP contribution in [0.15, 0.2) is 0 Å². The van der Waals surface area contributed by atoms with E-state index in [4.69, 9.17) is 4.55 Å². The molecule has 0 bridgehead atoms. The van der Waals surface area contributed by atoms with E-state index in [2.05, 4.69) is 26.1 Å². The van der Waals surface area contributed by atoms with Crippen LogP contribution in [0.3, 0.4) is 0 Å². The molecular weight excluding hydrogens is 470 g/mol. The lowest BCUT2D eigenvalue weighted by Gasteiger charge is -2.63. The van der Waals surface area contributed by atoms with Crippen molar-refractivity contribution in [3.8, 4) is 0 Å². The molecule has 35 heavy (non-hydrogen) atoms. The molecule has 0 saturated heterocycles. The quantitative estimate of drug-likeness (QED) is 0.327. The van der Waals surface area contributed by atoms with E-state index in [9.17, 15) is 28.5 Å². The Balaban J connectivity index is 1.43. The first-order chi connectivity index (χ1) is 16.3. The average Bonchev–Trinajstić information content (AvgIpc) is 3.12.